The lowest BCUT2D eigenvalue weighted by Gasteiger charge is -2.35. The van der Waals surface area contributed by atoms with E-state index in [9.17, 15) is 9.59 Å². The molecule has 3 aromatic rings. The second-order valence-corrected chi connectivity index (χ2v) is 7.95. The molecule has 1 aliphatic rings. The Hall–Kier alpha value is -3.12. The Morgan fingerprint density at radius 1 is 1.13 bits per heavy atom. The summed E-state index contributed by atoms with van der Waals surface area (Å²) < 4.78 is 10.6. The third-order valence-electron chi connectivity index (χ3n) is 5.88. The Morgan fingerprint density at radius 2 is 1.97 bits per heavy atom. The minimum atomic E-state index is -0.223. The van der Waals surface area contributed by atoms with Crippen LogP contribution in [0, 0.1) is 5.92 Å². The minimum absolute atomic E-state index is 0.0104. The fourth-order valence-corrected chi connectivity index (χ4v) is 4.26. The van der Waals surface area contributed by atoms with Gasteiger partial charge in [-0.15, -0.1) is 0 Å². The molecule has 0 spiro atoms. The number of ether oxygens (including phenoxy) is 1. The monoisotopic (exact) mass is 420 g/mol. The zero-order valence-corrected chi connectivity index (χ0v) is 17.8. The molecule has 2 aromatic carbocycles. The molecule has 1 fully saturated rings. The van der Waals surface area contributed by atoms with Crippen molar-refractivity contribution >= 4 is 22.6 Å². The molecule has 2 amide bonds. The second-order valence-electron chi connectivity index (χ2n) is 7.95. The van der Waals surface area contributed by atoms with Gasteiger partial charge in [-0.05, 0) is 41.8 Å². The van der Waals surface area contributed by atoms with E-state index in [-0.39, 0.29) is 17.7 Å². The average Bonchev–Trinajstić information content (AvgIpc) is 3.34. The molecule has 0 saturated carbocycles. The molecule has 162 valence electrons. The van der Waals surface area contributed by atoms with Crippen molar-refractivity contribution in [1.29, 1.82) is 0 Å². The van der Waals surface area contributed by atoms with Gasteiger partial charge in [-0.25, -0.2) is 0 Å². The first kappa shape index (κ1) is 21.1. The zero-order chi connectivity index (χ0) is 21.6. The van der Waals surface area contributed by atoms with Crippen LogP contribution in [-0.2, 0) is 16.1 Å². The molecule has 1 saturated heterocycles. The van der Waals surface area contributed by atoms with E-state index in [4.69, 9.17) is 9.15 Å². The lowest BCUT2D eigenvalue weighted by Crippen LogP contribution is -2.47. The van der Waals surface area contributed by atoms with E-state index in [0.29, 0.717) is 38.3 Å². The van der Waals surface area contributed by atoms with Crippen LogP contribution in [0.25, 0.3) is 10.8 Å². The molecule has 2 heterocycles. The van der Waals surface area contributed by atoms with Gasteiger partial charge in [0.1, 0.15) is 5.76 Å². The molecule has 4 rings (SSSR count). The van der Waals surface area contributed by atoms with E-state index in [2.05, 4.69) is 0 Å². The summed E-state index contributed by atoms with van der Waals surface area (Å²) >= 11 is 0. The summed E-state index contributed by atoms with van der Waals surface area (Å²) in [4.78, 5) is 30.3. The topological polar surface area (TPSA) is 63.0 Å². The molecule has 0 radical (unpaired) electrons. The number of carbonyl (C=O) groups excluding carboxylic acids is 2. The summed E-state index contributed by atoms with van der Waals surface area (Å²) in [5.41, 5.74) is 0.693. The number of likely N-dealkylation sites (tertiary alicyclic amines) is 1. The van der Waals surface area contributed by atoms with E-state index in [1.54, 1.807) is 18.3 Å². The van der Waals surface area contributed by atoms with E-state index in [1.165, 1.54) is 0 Å². The van der Waals surface area contributed by atoms with Gasteiger partial charge in [-0.3, -0.25) is 9.59 Å². The van der Waals surface area contributed by atoms with Crippen LogP contribution >= 0.6 is 0 Å². The molecule has 31 heavy (non-hydrogen) atoms. The zero-order valence-electron chi connectivity index (χ0n) is 17.8. The van der Waals surface area contributed by atoms with Crippen molar-refractivity contribution in [3.63, 3.8) is 0 Å². The SMILES string of the molecule is COCCN(Cc1ccco1)C(=O)[C@H]1CCCN(C(=O)c2cccc3ccccc23)C1. The van der Waals surface area contributed by atoms with Gasteiger partial charge in [0.05, 0.1) is 25.3 Å². The number of fused-ring (bicyclic) bond motifs is 1. The number of benzene rings is 2. The molecule has 1 atom stereocenters. The van der Waals surface area contributed by atoms with E-state index in [1.807, 2.05) is 59.5 Å². The van der Waals surface area contributed by atoms with Crippen molar-refractivity contribution in [3.05, 3.63) is 72.2 Å². The van der Waals surface area contributed by atoms with Crippen LogP contribution < -0.4 is 0 Å². The Balaban J connectivity index is 1.50. The minimum Gasteiger partial charge on any atom is -0.467 e. The second kappa shape index (κ2) is 9.79. The van der Waals surface area contributed by atoms with E-state index < -0.39 is 0 Å². The van der Waals surface area contributed by atoms with Crippen LogP contribution in [0.2, 0.25) is 0 Å². The van der Waals surface area contributed by atoms with Crippen molar-refractivity contribution in [3.8, 4) is 0 Å². The van der Waals surface area contributed by atoms with Crippen LogP contribution in [0.3, 0.4) is 0 Å². The number of hydrogen-bond acceptors (Lipinski definition) is 4. The molecular weight excluding hydrogens is 392 g/mol. The lowest BCUT2D eigenvalue weighted by molar-refractivity contribution is -0.138. The summed E-state index contributed by atoms with van der Waals surface area (Å²) in [5, 5.41) is 1.99. The normalized spacial score (nSPS) is 16.4. The first-order chi connectivity index (χ1) is 15.2. The molecule has 0 aliphatic carbocycles. The highest BCUT2D eigenvalue weighted by molar-refractivity contribution is 6.07. The predicted molar refractivity (Wildman–Crippen MR) is 119 cm³/mol. The van der Waals surface area contributed by atoms with Crippen LogP contribution in [0.15, 0.2) is 65.3 Å². The predicted octanol–water partition coefficient (Wildman–Crippen LogP) is 3.96. The van der Waals surface area contributed by atoms with Crippen molar-refractivity contribution < 1.29 is 18.7 Å². The molecule has 0 bridgehead atoms. The number of piperidine rings is 1. The maximum Gasteiger partial charge on any atom is 0.254 e. The summed E-state index contributed by atoms with van der Waals surface area (Å²) in [7, 11) is 1.63. The third kappa shape index (κ3) is 4.80. The number of carbonyl (C=O) groups is 2. The summed E-state index contributed by atoms with van der Waals surface area (Å²) in [6.07, 6.45) is 3.20. The van der Waals surface area contributed by atoms with Gasteiger partial charge in [0.25, 0.3) is 5.91 Å². The molecule has 0 N–H and O–H groups in total. The third-order valence-corrected chi connectivity index (χ3v) is 5.88. The van der Waals surface area contributed by atoms with E-state index in [0.717, 1.165) is 29.4 Å². The summed E-state index contributed by atoms with van der Waals surface area (Å²) in [6.45, 7) is 2.45. The Labute approximate surface area is 182 Å². The van der Waals surface area contributed by atoms with Crippen LogP contribution in [0.1, 0.15) is 29.0 Å². The highest BCUT2D eigenvalue weighted by Crippen LogP contribution is 2.25. The molecule has 6 heteroatoms. The number of rotatable bonds is 7. The maximum atomic E-state index is 13.3. The lowest BCUT2D eigenvalue weighted by atomic mass is 9.95. The Kier molecular flexibility index (Phi) is 6.67. The van der Waals surface area contributed by atoms with Crippen LogP contribution in [0.4, 0.5) is 0 Å². The van der Waals surface area contributed by atoms with Gasteiger partial charge in [0, 0.05) is 32.3 Å². The van der Waals surface area contributed by atoms with Crippen LogP contribution in [0.5, 0.6) is 0 Å². The standard InChI is InChI=1S/C25H28N2O4/c1-30-16-14-27(18-21-10-6-15-31-21)24(28)20-9-5-13-26(17-20)25(29)23-12-4-8-19-7-2-3-11-22(19)23/h2-4,6-8,10-12,15,20H,5,9,13-14,16-18H2,1H3/t20-/m0/s1. The van der Waals surface area contributed by atoms with Gasteiger partial charge >= 0.3 is 0 Å². The Morgan fingerprint density at radius 3 is 2.77 bits per heavy atom. The van der Waals surface area contributed by atoms with Crippen molar-refractivity contribution in [2.45, 2.75) is 19.4 Å². The Bertz CT molecular complexity index is 1030. The first-order valence-corrected chi connectivity index (χ1v) is 10.7. The average molecular weight is 421 g/mol. The number of hydrogen-bond donors (Lipinski definition) is 0. The number of nitrogens with zero attached hydrogens (tertiary/aromatic N) is 2. The summed E-state index contributed by atoms with van der Waals surface area (Å²) in [6, 6.07) is 17.4. The van der Waals surface area contributed by atoms with Gasteiger partial charge in [-0.2, -0.15) is 0 Å². The number of methoxy groups -OCH3 is 1. The van der Waals surface area contributed by atoms with Crippen molar-refractivity contribution in [2.75, 3.05) is 33.4 Å². The summed E-state index contributed by atoms with van der Waals surface area (Å²) in [5.74, 6) is 0.552. The van der Waals surface area contributed by atoms with E-state index >= 15 is 0 Å². The molecule has 6 nitrogen and oxygen atoms in total. The van der Waals surface area contributed by atoms with Crippen molar-refractivity contribution in [1.82, 2.24) is 9.80 Å². The highest BCUT2D eigenvalue weighted by Gasteiger charge is 2.32. The highest BCUT2D eigenvalue weighted by atomic mass is 16.5. The first-order valence-electron chi connectivity index (χ1n) is 10.7. The van der Waals surface area contributed by atoms with Gasteiger partial charge in [0.15, 0.2) is 0 Å². The van der Waals surface area contributed by atoms with Gasteiger partial charge in [-0.1, -0.05) is 36.4 Å². The number of amides is 2. The van der Waals surface area contributed by atoms with Crippen molar-refractivity contribution in [2.24, 2.45) is 5.92 Å². The maximum absolute atomic E-state index is 13.3. The smallest absolute Gasteiger partial charge is 0.254 e. The quantitative estimate of drug-likeness (QED) is 0.580. The van der Waals surface area contributed by atoms with Crippen LogP contribution in [-0.4, -0.2) is 55.0 Å². The molecule has 1 aliphatic heterocycles. The fraction of sp³-hybridized carbons (Fsp3) is 0.360. The molecule has 0 unspecified atom stereocenters. The van der Waals surface area contributed by atoms with Gasteiger partial charge < -0.3 is 19.0 Å². The number of furan rings is 1. The van der Waals surface area contributed by atoms with Gasteiger partial charge in [0.2, 0.25) is 5.91 Å². The fourth-order valence-electron chi connectivity index (χ4n) is 4.26. The molecular formula is C25H28N2O4. The molecule has 1 aromatic heterocycles. The largest absolute Gasteiger partial charge is 0.467 e.